The van der Waals surface area contributed by atoms with E-state index in [1.165, 1.54) is 25.7 Å². The fourth-order valence-corrected chi connectivity index (χ4v) is 3.96. The van der Waals surface area contributed by atoms with Crippen LogP contribution in [0.15, 0.2) is 0 Å². The molecule has 3 aliphatic rings. The minimum Gasteiger partial charge on any atom is -0.378 e. The first kappa shape index (κ1) is 15.1. The summed E-state index contributed by atoms with van der Waals surface area (Å²) < 4.78 is 22.3. The Hall–Kier alpha value is 0.190. The van der Waals surface area contributed by atoms with Crippen LogP contribution in [0.1, 0.15) is 25.7 Å². The molecule has 2 aliphatic heterocycles. The Morgan fingerprint density at radius 1 is 1.10 bits per heavy atom. The van der Waals surface area contributed by atoms with Crippen LogP contribution in [0.2, 0.25) is 0 Å². The van der Waals surface area contributed by atoms with Gasteiger partial charge in [-0.3, -0.25) is 0 Å². The lowest BCUT2D eigenvalue weighted by molar-refractivity contribution is -0.0457. The van der Waals surface area contributed by atoms with Crippen molar-refractivity contribution < 1.29 is 18.9 Å². The van der Waals surface area contributed by atoms with Gasteiger partial charge in [0.1, 0.15) is 12.2 Å². The van der Waals surface area contributed by atoms with E-state index in [0.29, 0.717) is 12.2 Å². The molecule has 0 radical (unpaired) electrons. The van der Waals surface area contributed by atoms with Gasteiger partial charge in [0.05, 0.1) is 39.6 Å². The second kappa shape index (κ2) is 6.97. The van der Waals surface area contributed by atoms with Gasteiger partial charge in [-0.2, -0.15) is 11.8 Å². The highest BCUT2D eigenvalue weighted by molar-refractivity contribution is 7.99. The highest BCUT2D eigenvalue weighted by Gasteiger charge is 2.38. The van der Waals surface area contributed by atoms with Crippen LogP contribution in [0.4, 0.5) is 0 Å². The summed E-state index contributed by atoms with van der Waals surface area (Å²) in [5, 5.41) is 0.755. The largest absolute Gasteiger partial charge is 0.378 e. The van der Waals surface area contributed by atoms with Gasteiger partial charge in [-0.1, -0.05) is 6.42 Å². The number of epoxide rings is 2. The van der Waals surface area contributed by atoms with Gasteiger partial charge < -0.3 is 18.9 Å². The Morgan fingerprint density at radius 2 is 1.70 bits per heavy atom. The molecule has 0 aromatic carbocycles. The van der Waals surface area contributed by atoms with E-state index in [0.717, 1.165) is 44.9 Å². The average molecular weight is 302 g/mol. The van der Waals surface area contributed by atoms with E-state index in [1.54, 1.807) is 0 Å². The maximum atomic E-state index is 5.92. The first-order chi connectivity index (χ1) is 9.80. The lowest BCUT2D eigenvalue weighted by atomic mass is 9.75. The number of hydrogen-bond donors (Lipinski definition) is 0. The van der Waals surface area contributed by atoms with Gasteiger partial charge >= 0.3 is 0 Å². The van der Waals surface area contributed by atoms with E-state index in [4.69, 9.17) is 18.9 Å². The molecule has 1 saturated carbocycles. The van der Waals surface area contributed by atoms with Crippen LogP contribution in [0.25, 0.3) is 0 Å². The molecule has 3 fully saturated rings. The van der Waals surface area contributed by atoms with Crippen molar-refractivity contribution in [2.24, 2.45) is 5.41 Å². The summed E-state index contributed by atoms with van der Waals surface area (Å²) >= 11 is 1.99. The van der Waals surface area contributed by atoms with E-state index in [9.17, 15) is 0 Å². The van der Waals surface area contributed by atoms with E-state index >= 15 is 0 Å². The molecular formula is C15H26O4S. The van der Waals surface area contributed by atoms with Crippen LogP contribution < -0.4 is 0 Å². The second-order valence-corrected chi connectivity index (χ2v) is 7.53. The third kappa shape index (κ3) is 4.60. The van der Waals surface area contributed by atoms with E-state index in [2.05, 4.69) is 6.26 Å². The second-order valence-electron chi connectivity index (χ2n) is 6.40. The van der Waals surface area contributed by atoms with Crippen LogP contribution in [0.5, 0.6) is 0 Å². The molecule has 20 heavy (non-hydrogen) atoms. The number of ether oxygens (including phenoxy) is 4. The minimum absolute atomic E-state index is 0.204. The molecule has 2 saturated heterocycles. The van der Waals surface area contributed by atoms with Crippen LogP contribution in [0.3, 0.4) is 0 Å². The van der Waals surface area contributed by atoms with E-state index in [1.807, 2.05) is 11.8 Å². The molecule has 1 aliphatic carbocycles. The molecule has 0 aromatic heterocycles. The molecule has 3 atom stereocenters. The normalized spacial score (nSPS) is 39.8. The molecule has 3 rings (SSSR count). The van der Waals surface area contributed by atoms with Crippen LogP contribution in [0, 0.1) is 5.41 Å². The molecule has 116 valence electrons. The maximum Gasteiger partial charge on any atom is 0.104 e. The van der Waals surface area contributed by atoms with Gasteiger partial charge in [0.2, 0.25) is 0 Å². The fraction of sp³-hybridized carbons (Fsp3) is 1.00. The first-order valence-corrected chi connectivity index (χ1v) is 9.00. The standard InChI is InChI=1S/C15H26O4S/c1-20-14-3-2-4-15(5-14,10-16-6-12-8-18-12)11-17-7-13-9-19-13/h12-14H,2-11H2,1H3. The number of thioether (sulfide) groups is 1. The average Bonchev–Trinajstić information content (AvgIpc) is 3.33. The lowest BCUT2D eigenvalue weighted by Crippen LogP contribution is -2.39. The van der Waals surface area contributed by atoms with Crippen molar-refractivity contribution in [2.75, 3.05) is 45.9 Å². The Labute approximate surface area is 125 Å². The van der Waals surface area contributed by atoms with Gasteiger partial charge in [0.15, 0.2) is 0 Å². The summed E-state index contributed by atoms with van der Waals surface area (Å²) in [4.78, 5) is 0. The predicted octanol–water partition coefficient (Wildman–Crippen LogP) is 2.11. The monoisotopic (exact) mass is 302 g/mol. The minimum atomic E-state index is 0.204. The zero-order chi connectivity index (χ0) is 13.8. The highest BCUT2D eigenvalue weighted by atomic mass is 32.2. The SMILES string of the molecule is CSC1CCCC(COCC2CO2)(COCC2CO2)C1. The van der Waals surface area contributed by atoms with Gasteiger partial charge in [-0.25, -0.2) is 0 Å². The van der Waals surface area contributed by atoms with Crippen molar-refractivity contribution in [3.63, 3.8) is 0 Å². The van der Waals surface area contributed by atoms with Crippen molar-refractivity contribution in [3.05, 3.63) is 0 Å². The summed E-state index contributed by atoms with van der Waals surface area (Å²) in [5.41, 5.74) is 0.204. The Bertz CT molecular complexity index is 286. The first-order valence-electron chi connectivity index (χ1n) is 7.71. The van der Waals surface area contributed by atoms with Crippen molar-refractivity contribution >= 4 is 11.8 Å². The maximum absolute atomic E-state index is 5.92. The van der Waals surface area contributed by atoms with Crippen molar-refractivity contribution in [2.45, 2.75) is 43.1 Å². The van der Waals surface area contributed by atoms with Gasteiger partial charge in [0, 0.05) is 10.7 Å². The third-order valence-electron chi connectivity index (χ3n) is 4.46. The molecule has 0 spiro atoms. The zero-order valence-corrected chi connectivity index (χ0v) is 13.2. The summed E-state index contributed by atoms with van der Waals surface area (Å²) in [7, 11) is 0. The molecular weight excluding hydrogens is 276 g/mol. The fourth-order valence-electron chi connectivity index (χ4n) is 3.04. The number of hydrogen-bond acceptors (Lipinski definition) is 5. The van der Waals surface area contributed by atoms with E-state index in [-0.39, 0.29) is 5.41 Å². The molecule has 4 nitrogen and oxygen atoms in total. The van der Waals surface area contributed by atoms with Crippen molar-refractivity contribution in [1.82, 2.24) is 0 Å². The van der Waals surface area contributed by atoms with Crippen molar-refractivity contribution in [3.8, 4) is 0 Å². The van der Waals surface area contributed by atoms with E-state index < -0.39 is 0 Å². The van der Waals surface area contributed by atoms with Crippen LogP contribution in [-0.2, 0) is 18.9 Å². The predicted molar refractivity (Wildman–Crippen MR) is 79.3 cm³/mol. The molecule has 3 unspecified atom stereocenters. The van der Waals surface area contributed by atoms with Crippen LogP contribution in [-0.4, -0.2) is 63.4 Å². The zero-order valence-electron chi connectivity index (χ0n) is 12.3. The van der Waals surface area contributed by atoms with Gasteiger partial charge in [0.25, 0.3) is 0 Å². The topological polar surface area (TPSA) is 43.5 Å². The summed E-state index contributed by atoms with van der Waals surface area (Å²) in [6, 6.07) is 0. The smallest absolute Gasteiger partial charge is 0.104 e. The van der Waals surface area contributed by atoms with Gasteiger partial charge in [-0.15, -0.1) is 0 Å². The Balaban J connectivity index is 1.48. The number of rotatable bonds is 9. The molecule has 5 heteroatoms. The lowest BCUT2D eigenvalue weighted by Gasteiger charge is -2.40. The van der Waals surface area contributed by atoms with Crippen LogP contribution >= 0.6 is 11.8 Å². The molecule has 2 heterocycles. The Morgan fingerprint density at radius 3 is 2.20 bits per heavy atom. The highest BCUT2D eigenvalue weighted by Crippen LogP contribution is 2.41. The van der Waals surface area contributed by atoms with Gasteiger partial charge in [-0.05, 0) is 25.5 Å². The quantitative estimate of drug-likeness (QED) is 0.610. The Kier molecular flexibility index (Phi) is 5.26. The van der Waals surface area contributed by atoms with Crippen molar-refractivity contribution in [1.29, 1.82) is 0 Å². The molecule has 0 N–H and O–H groups in total. The summed E-state index contributed by atoms with van der Waals surface area (Å²) in [6.45, 7) is 4.87. The third-order valence-corrected chi connectivity index (χ3v) is 5.52. The molecule has 0 amide bonds. The summed E-state index contributed by atoms with van der Waals surface area (Å²) in [6.07, 6.45) is 7.99. The molecule has 0 bridgehead atoms. The summed E-state index contributed by atoms with van der Waals surface area (Å²) in [5.74, 6) is 0. The molecule has 0 aromatic rings.